The molecular weight excluding hydrogens is 304 g/mol. The quantitative estimate of drug-likeness (QED) is 0.883. The number of rotatable bonds is 5. The van der Waals surface area contributed by atoms with Crippen LogP contribution in [0.5, 0.6) is 5.75 Å². The second-order valence-corrected chi connectivity index (χ2v) is 5.95. The van der Waals surface area contributed by atoms with Gasteiger partial charge in [0.05, 0.1) is 18.3 Å². The first-order valence-corrected chi connectivity index (χ1v) is 7.42. The molecule has 7 heteroatoms. The SMILES string of the molecule is COc1cc(NC(=O)c2cnc(C(C)C)s2)ccc1C(=O)O. The minimum absolute atomic E-state index is 0.0420. The molecule has 0 saturated heterocycles. The topological polar surface area (TPSA) is 88.5 Å². The molecule has 0 saturated carbocycles. The fraction of sp³-hybridized carbons (Fsp3) is 0.267. The van der Waals surface area contributed by atoms with E-state index >= 15 is 0 Å². The molecule has 1 aromatic carbocycles. The lowest BCUT2D eigenvalue weighted by atomic mass is 10.2. The van der Waals surface area contributed by atoms with Gasteiger partial charge < -0.3 is 15.2 Å². The van der Waals surface area contributed by atoms with E-state index in [0.717, 1.165) is 5.01 Å². The van der Waals surface area contributed by atoms with Crippen molar-refractivity contribution in [2.24, 2.45) is 0 Å². The van der Waals surface area contributed by atoms with Crippen LogP contribution in [0, 0.1) is 0 Å². The summed E-state index contributed by atoms with van der Waals surface area (Å²) in [5.74, 6) is -0.910. The number of hydrogen-bond donors (Lipinski definition) is 2. The molecule has 1 heterocycles. The van der Waals surface area contributed by atoms with Gasteiger partial charge in [0, 0.05) is 17.7 Å². The molecule has 0 atom stereocenters. The molecule has 0 aliphatic heterocycles. The van der Waals surface area contributed by atoms with Crippen LogP contribution in [0.15, 0.2) is 24.4 Å². The number of aromatic nitrogens is 1. The van der Waals surface area contributed by atoms with Crippen LogP contribution in [0.25, 0.3) is 0 Å². The van der Waals surface area contributed by atoms with Gasteiger partial charge in [0.25, 0.3) is 5.91 Å². The number of nitrogens with one attached hydrogen (secondary N) is 1. The van der Waals surface area contributed by atoms with Crippen molar-refractivity contribution in [3.63, 3.8) is 0 Å². The van der Waals surface area contributed by atoms with Gasteiger partial charge in [-0.05, 0) is 12.1 Å². The molecule has 116 valence electrons. The van der Waals surface area contributed by atoms with Crippen LogP contribution in [-0.2, 0) is 0 Å². The van der Waals surface area contributed by atoms with Gasteiger partial charge in [0.15, 0.2) is 0 Å². The average molecular weight is 320 g/mol. The normalized spacial score (nSPS) is 10.5. The van der Waals surface area contributed by atoms with E-state index < -0.39 is 5.97 Å². The van der Waals surface area contributed by atoms with E-state index in [2.05, 4.69) is 10.3 Å². The van der Waals surface area contributed by atoms with Gasteiger partial charge in [-0.25, -0.2) is 9.78 Å². The van der Waals surface area contributed by atoms with Crippen LogP contribution < -0.4 is 10.1 Å². The van der Waals surface area contributed by atoms with Crippen LogP contribution in [-0.4, -0.2) is 29.1 Å². The number of carboxylic acid groups (broad SMARTS) is 1. The average Bonchev–Trinajstić information content (AvgIpc) is 2.97. The Hall–Kier alpha value is -2.41. The van der Waals surface area contributed by atoms with E-state index in [1.54, 1.807) is 0 Å². The fourth-order valence-electron chi connectivity index (χ4n) is 1.80. The Bertz CT molecular complexity index is 709. The molecule has 0 radical (unpaired) electrons. The van der Waals surface area contributed by atoms with Gasteiger partial charge >= 0.3 is 5.97 Å². The number of aromatic carboxylic acids is 1. The molecule has 2 N–H and O–H groups in total. The number of hydrogen-bond acceptors (Lipinski definition) is 5. The lowest BCUT2D eigenvalue weighted by molar-refractivity contribution is 0.0693. The third kappa shape index (κ3) is 3.43. The molecule has 0 spiro atoms. The Balaban J connectivity index is 2.19. The second-order valence-electron chi connectivity index (χ2n) is 4.89. The lowest BCUT2D eigenvalue weighted by Gasteiger charge is -2.08. The highest BCUT2D eigenvalue weighted by Crippen LogP contribution is 2.25. The first kappa shape index (κ1) is 16.0. The molecule has 0 aliphatic rings. The standard InChI is InChI=1S/C15H16N2O4S/c1-8(2)14-16-7-12(22-14)13(18)17-9-4-5-10(15(19)20)11(6-9)21-3/h4-8H,1-3H3,(H,17,18)(H,19,20). The molecule has 2 aromatic rings. The molecule has 0 aliphatic carbocycles. The Morgan fingerprint density at radius 1 is 1.36 bits per heavy atom. The summed E-state index contributed by atoms with van der Waals surface area (Å²) in [6.45, 7) is 4.02. The van der Waals surface area contributed by atoms with Crippen molar-refractivity contribution >= 4 is 28.9 Å². The summed E-state index contributed by atoms with van der Waals surface area (Å²) >= 11 is 1.34. The highest BCUT2D eigenvalue weighted by molar-refractivity contribution is 7.13. The molecule has 6 nitrogen and oxygen atoms in total. The number of methoxy groups -OCH3 is 1. The number of carboxylic acids is 1. The maximum absolute atomic E-state index is 12.2. The summed E-state index contributed by atoms with van der Waals surface area (Å²) in [7, 11) is 1.38. The van der Waals surface area contributed by atoms with Crippen LogP contribution in [0.3, 0.4) is 0 Å². The van der Waals surface area contributed by atoms with Crippen LogP contribution in [0.1, 0.15) is 44.8 Å². The molecule has 22 heavy (non-hydrogen) atoms. The van der Waals surface area contributed by atoms with Crippen molar-refractivity contribution in [3.05, 3.63) is 39.8 Å². The Morgan fingerprint density at radius 2 is 2.09 bits per heavy atom. The Kier molecular flexibility index (Phi) is 4.77. The largest absolute Gasteiger partial charge is 0.496 e. The van der Waals surface area contributed by atoms with E-state index in [0.29, 0.717) is 10.6 Å². The summed E-state index contributed by atoms with van der Waals surface area (Å²) in [5, 5.41) is 12.6. The van der Waals surface area contributed by atoms with E-state index in [-0.39, 0.29) is 23.1 Å². The van der Waals surface area contributed by atoms with Gasteiger partial charge in [0.1, 0.15) is 16.2 Å². The summed E-state index contributed by atoms with van der Waals surface area (Å²) in [6.07, 6.45) is 1.54. The van der Waals surface area contributed by atoms with Crippen molar-refractivity contribution in [2.75, 3.05) is 12.4 Å². The van der Waals surface area contributed by atoms with Crippen LogP contribution >= 0.6 is 11.3 Å². The third-order valence-electron chi connectivity index (χ3n) is 2.93. The molecule has 1 amide bonds. The van der Waals surface area contributed by atoms with Gasteiger partial charge in [0.2, 0.25) is 0 Å². The predicted molar refractivity (Wildman–Crippen MR) is 84.1 cm³/mol. The Morgan fingerprint density at radius 3 is 2.64 bits per heavy atom. The maximum atomic E-state index is 12.2. The van der Waals surface area contributed by atoms with Crippen molar-refractivity contribution in [1.29, 1.82) is 0 Å². The number of nitrogens with zero attached hydrogens (tertiary/aromatic N) is 1. The maximum Gasteiger partial charge on any atom is 0.339 e. The van der Waals surface area contributed by atoms with Gasteiger partial charge in [-0.15, -0.1) is 11.3 Å². The summed E-state index contributed by atoms with van der Waals surface area (Å²) < 4.78 is 5.03. The molecule has 0 unspecified atom stereocenters. The van der Waals surface area contributed by atoms with E-state index in [4.69, 9.17) is 9.84 Å². The number of ether oxygens (including phenoxy) is 1. The van der Waals surface area contributed by atoms with E-state index in [1.165, 1.54) is 42.8 Å². The van der Waals surface area contributed by atoms with Crippen LogP contribution in [0.2, 0.25) is 0 Å². The minimum atomic E-state index is -1.08. The summed E-state index contributed by atoms with van der Waals surface area (Å²) in [4.78, 5) is 27.9. The first-order chi connectivity index (χ1) is 10.4. The zero-order chi connectivity index (χ0) is 16.3. The van der Waals surface area contributed by atoms with Gasteiger partial charge in [-0.1, -0.05) is 13.8 Å². The smallest absolute Gasteiger partial charge is 0.339 e. The van der Waals surface area contributed by atoms with Crippen molar-refractivity contribution in [3.8, 4) is 5.75 Å². The molecule has 0 fully saturated rings. The number of benzene rings is 1. The van der Waals surface area contributed by atoms with Crippen molar-refractivity contribution in [2.45, 2.75) is 19.8 Å². The number of thiazole rings is 1. The molecule has 1 aromatic heterocycles. The van der Waals surface area contributed by atoms with E-state index in [1.807, 2.05) is 13.8 Å². The second kappa shape index (κ2) is 6.57. The molecule has 0 bridgehead atoms. The highest BCUT2D eigenvalue weighted by Gasteiger charge is 2.15. The number of amides is 1. The summed E-state index contributed by atoms with van der Waals surface area (Å²) in [5.41, 5.74) is 0.506. The summed E-state index contributed by atoms with van der Waals surface area (Å²) in [6, 6.07) is 4.39. The highest BCUT2D eigenvalue weighted by atomic mass is 32.1. The predicted octanol–water partition coefficient (Wildman–Crippen LogP) is 3.23. The van der Waals surface area contributed by atoms with Gasteiger partial charge in [-0.2, -0.15) is 0 Å². The molecule has 2 rings (SSSR count). The Labute approximate surface area is 131 Å². The number of carbonyl (C=O) groups excluding carboxylic acids is 1. The minimum Gasteiger partial charge on any atom is -0.496 e. The third-order valence-corrected chi connectivity index (χ3v) is 4.23. The van der Waals surface area contributed by atoms with Crippen molar-refractivity contribution in [1.82, 2.24) is 4.98 Å². The number of carbonyl (C=O) groups is 2. The number of anilines is 1. The van der Waals surface area contributed by atoms with Gasteiger partial charge in [-0.3, -0.25) is 4.79 Å². The zero-order valence-electron chi connectivity index (χ0n) is 12.4. The zero-order valence-corrected chi connectivity index (χ0v) is 13.2. The monoisotopic (exact) mass is 320 g/mol. The first-order valence-electron chi connectivity index (χ1n) is 6.60. The van der Waals surface area contributed by atoms with E-state index in [9.17, 15) is 9.59 Å². The fourth-order valence-corrected chi connectivity index (χ4v) is 2.61. The van der Waals surface area contributed by atoms with Crippen LogP contribution in [0.4, 0.5) is 5.69 Å². The molecular formula is C15H16N2O4S. The van der Waals surface area contributed by atoms with Crippen molar-refractivity contribution < 1.29 is 19.4 Å². The lowest BCUT2D eigenvalue weighted by Crippen LogP contribution is -2.11.